The molecule has 2 nitrogen and oxygen atoms in total. The maximum atomic E-state index is 5.53. The summed E-state index contributed by atoms with van der Waals surface area (Å²) >= 11 is 2.69. The van der Waals surface area contributed by atoms with E-state index in [1.165, 1.54) is 0 Å². The topological polar surface area (TPSA) is 52.0 Å². The van der Waals surface area contributed by atoms with Gasteiger partial charge < -0.3 is 0 Å². The molecule has 4 N–H and O–H groups in total. The van der Waals surface area contributed by atoms with Gasteiger partial charge in [0.25, 0.3) is 0 Å². The Hall–Kier alpha value is 0.149. The van der Waals surface area contributed by atoms with Crippen molar-refractivity contribution in [2.45, 2.75) is 25.8 Å². The molecule has 48 valence electrons. The van der Waals surface area contributed by atoms with Crippen LogP contribution in [0.3, 0.4) is 0 Å². The van der Waals surface area contributed by atoms with Gasteiger partial charge in [0.1, 0.15) is 0 Å². The van der Waals surface area contributed by atoms with Crippen LogP contribution in [0.5, 0.6) is 0 Å². The Labute approximate surface area is 58.0 Å². The predicted molar refractivity (Wildman–Crippen MR) is 37.8 cm³/mol. The van der Waals surface area contributed by atoms with Crippen LogP contribution >= 0.6 is 0 Å². The SMILES string of the molecule is CCCC(N)C(N)=[Se]. The van der Waals surface area contributed by atoms with Gasteiger partial charge in [-0.25, -0.2) is 0 Å². The number of nitrogens with two attached hydrogens (primary N) is 2. The minimum absolute atomic E-state index is 0.0556. The van der Waals surface area contributed by atoms with E-state index in [1.807, 2.05) is 0 Å². The van der Waals surface area contributed by atoms with Crippen molar-refractivity contribution in [2.24, 2.45) is 11.5 Å². The first-order valence-electron chi connectivity index (χ1n) is 2.73. The molecule has 0 radical (unpaired) electrons. The Morgan fingerprint density at radius 1 is 1.75 bits per heavy atom. The van der Waals surface area contributed by atoms with Gasteiger partial charge in [-0.1, -0.05) is 0 Å². The maximum absolute atomic E-state index is 5.53. The predicted octanol–water partition coefficient (Wildman–Crippen LogP) is -0.629. The number of rotatable bonds is 3. The van der Waals surface area contributed by atoms with Gasteiger partial charge in [-0.15, -0.1) is 0 Å². The van der Waals surface area contributed by atoms with E-state index >= 15 is 0 Å². The van der Waals surface area contributed by atoms with Gasteiger partial charge in [-0.3, -0.25) is 0 Å². The Bertz CT molecular complexity index is 82.5. The monoisotopic (exact) mass is 180 g/mol. The van der Waals surface area contributed by atoms with Gasteiger partial charge in [-0.2, -0.15) is 0 Å². The Morgan fingerprint density at radius 3 is 2.38 bits per heavy atom. The summed E-state index contributed by atoms with van der Waals surface area (Å²) in [4.78, 5) is 0. The Kier molecular flexibility index (Phi) is 4.15. The third kappa shape index (κ3) is 3.19. The molecule has 0 rings (SSSR count). The Morgan fingerprint density at radius 2 is 2.25 bits per heavy atom. The molecule has 0 bridgehead atoms. The van der Waals surface area contributed by atoms with Crippen molar-refractivity contribution in [3.8, 4) is 0 Å². The molecule has 0 aromatic heterocycles. The fourth-order valence-corrected chi connectivity index (χ4v) is 0.701. The minimum atomic E-state index is 0.0556. The van der Waals surface area contributed by atoms with Crippen LogP contribution in [-0.4, -0.2) is 26.2 Å². The second-order valence-electron chi connectivity index (χ2n) is 1.80. The average molecular weight is 179 g/mol. The van der Waals surface area contributed by atoms with E-state index in [0.29, 0.717) is 4.54 Å². The van der Waals surface area contributed by atoms with E-state index in [-0.39, 0.29) is 6.04 Å². The average Bonchev–Trinajstić information content (AvgIpc) is 1.67. The van der Waals surface area contributed by atoms with E-state index in [9.17, 15) is 0 Å². The fourth-order valence-electron chi connectivity index (χ4n) is 0.453. The first-order chi connectivity index (χ1) is 3.68. The normalized spacial score (nSPS) is 13.2. The molecule has 1 atom stereocenters. The number of hydrogen-bond acceptors (Lipinski definition) is 2. The van der Waals surface area contributed by atoms with E-state index in [2.05, 4.69) is 22.5 Å². The van der Waals surface area contributed by atoms with Gasteiger partial charge in [0.15, 0.2) is 0 Å². The van der Waals surface area contributed by atoms with Crippen molar-refractivity contribution >= 4 is 20.1 Å². The molecule has 1 unspecified atom stereocenters. The molecule has 0 aliphatic rings. The van der Waals surface area contributed by atoms with Crippen molar-refractivity contribution < 1.29 is 0 Å². The summed E-state index contributed by atoms with van der Waals surface area (Å²) in [5, 5.41) is 0. The molecule has 0 heterocycles. The van der Waals surface area contributed by atoms with Gasteiger partial charge in [0.2, 0.25) is 0 Å². The van der Waals surface area contributed by atoms with Gasteiger partial charge in [0.05, 0.1) is 0 Å². The number of hydrogen-bond donors (Lipinski definition) is 2. The van der Waals surface area contributed by atoms with Crippen LogP contribution < -0.4 is 11.5 Å². The van der Waals surface area contributed by atoms with Crippen LogP contribution in [-0.2, 0) is 0 Å². The van der Waals surface area contributed by atoms with Gasteiger partial charge in [-0.05, 0) is 0 Å². The van der Waals surface area contributed by atoms with Crippen molar-refractivity contribution in [3.05, 3.63) is 0 Å². The molecular formula is C5H12N2Se. The zero-order valence-electron chi connectivity index (χ0n) is 5.05. The molecule has 8 heavy (non-hydrogen) atoms. The molecule has 0 fully saturated rings. The van der Waals surface area contributed by atoms with Crippen LogP contribution in [0.15, 0.2) is 0 Å². The summed E-state index contributed by atoms with van der Waals surface area (Å²) in [6, 6.07) is 0.0556. The summed E-state index contributed by atoms with van der Waals surface area (Å²) in [7, 11) is 0. The molecule has 0 aliphatic carbocycles. The van der Waals surface area contributed by atoms with Crippen LogP contribution in [0.4, 0.5) is 0 Å². The Balaban J connectivity index is 3.32. The van der Waals surface area contributed by atoms with Crippen LogP contribution in [0.2, 0.25) is 0 Å². The standard InChI is InChI=1S/C5H12N2Se/c1-2-3-4(6)5(7)8/h4H,2-3,6H2,1H3,(H2,7,8). The van der Waals surface area contributed by atoms with Crippen LogP contribution in [0.1, 0.15) is 19.8 Å². The molecule has 0 aromatic carbocycles. The summed E-state index contributed by atoms with van der Waals surface area (Å²) < 4.78 is 0.715. The van der Waals surface area contributed by atoms with Crippen molar-refractivity contribution in [3.63, 3.8) is 0 Å². The summed E-state index contributed by atoms with van der Waals surface area (Å²) in [6.45, 7) is 2.09. The van der Waals surface area contributed by atoms with Gasteiger partial charge >= 0.3 is 57.4 Å². The quantitative estimate of drug-likeness (QED) is 0.567. The molecule has 0 aromatic rings. The van der Waals surface area contributed by atoms with Crippen LogP contribution in [0, 0.1) is 0 Å². The van der Waals surface area contributed by atoms with E-state index in [0.717, 1.165) is 12.8 Å². The van der Waals surface area contributed by atoms with Crippen molar-refractivity contribution in [1.82, 2.24) is 0 Å². The van der Waals surface area contributed by atoms with Crippen molar-refractivity contribution in [2.75, 3.05) is 0 Å². The zero-order valence-corrected chi connectivity index (χ0v) is 6.77. The molecular weight excluding hydrogens is 167 g/mol. The third-order valence-electron chi connectivity index (χ3n) is 0.965. The third-order valence-corrected chi connectivity index (χ3v) is 1.60. The molecule has 0 saturated carbocycles. The zero-order chi connectivity index (χ0) is 6.57. The van der Waals surface area contributed by atoms with Crippen LogP contribution in [0.25, 0.3) is 0 Å². The van der Waals surface area contributed by atoms with Gasteiger partial charge in [0, 0.05) is 0 Å². The summed E-state index contributed by atoms with van der Waals surface area (Å²) in [5.41, 5.74) is 10.9. The first-order valence-corrected chi connectivity index (χ1v) is 3.59. The molecule has 0 spiro atoms. The summed E-state index contributed by atoms with van der Waals surface area (Å²) in [6.07, 6.45) is 2.06. The molecule has 3 heteroatoms. The van der Waals surface area contributed by atoms with E-state index < -0.39 is 0 Å². The first kappa shape index (κ1) is 8.15. The van der Waals surface area contributed by atoms with E-state index in [1.54, 1.807) is 0 Å². The van der Waals surface area contributed by atoms with E-state index in [4.69, 9.17) is 11.5 Å². The second-order valence-corrected chi connectivity index (χ2v) is 2.79. The second kappa shape index (κ2) is 4.07. The van der Waals surface area contributed by atoms with Crippen molar-refractivity contribution in [1.29, 1.82) is 0 Å². The summed E-state index contributed by atoms with van der Waals surface area (Å²) in [5.74, 6) is 0. The molecule has 0 amide bonds. The molecule has 0 aliphatic heterocycles. The molecule has 0 saturated heterocycles. The fraction of sp³-hybridized carbons (Fsp3) is 0.800.